The third kappa shape index (κ3) is 7.62. The lowest BCUT2D eigenvalue weighted by Crippen LogP contribution is -2.51. The van der Waals surface area contributed by atoms with Crippen molar-refractivity contribution in [3.8, 4) is 0 Å². The van der Waals surface area contributed by atoms with Crippen LogP contribution in [-0.4, -0.2) is 34.6 Å². The number of rotatable bonds is 10. The molecule has 1 aliphatic carbocycles. The zero-order chi connectivity index (χ0) is 23.8. The molecular formula is C25H29Cl2FN2O2S. The Morgan fingerprint density at radius 3 is 2.39 bits per heavy atom. The number of nitrogens with zero attached hydrogens (tertiary/aromatic N) is 1. The maximum Gasteiger partial charge on any atom is 0.243 e. The number of carbonyl (C=O) groups is 2. The van der Waals surface area contributed by atoms with Crippen molar-refractivity contribution in [1.82, 2.24) is 10.2 Å². The topological polar surface area (TPSA) is 49.4 Å². The summed E-state index contributed by atoms with van der Waals surface area (Å²) in [6.45, 7) is 2.16. The molecule has 8 heteroatoms. The minimum atomic E-state index is -0.575. The second-order valence-corrected chi connectivity index (χ2v) is 10.1. The summed E-state index contributed by atoms with van der Waals surface area (Å²) in [7, 11) is 0. The van der Waals surface area contributed by atoms with E-state index in [1.54, 1.807) is 29.2 Å². The van der Waals surface area contributed by atoms with Gasteiger partial charge in [-0.1, -0.05) is 61.2 Å². The zero-order valence-corrected chi connectivity index (χ0v) is 21.0. The van der Waals surface area contributed by atoms with Crippen LogP contribution in [0.3, 0.4) is 0 Å². The van der Waals surface area contributed by atoms with Crippen LogP contribution < -0.4 is 5.32 Å². The van der Waals surface area contributed by atoms with Gasteiger partial charge in [0.15, 0.2) is 0 Å². The smallest absolute Gasteiger partial charge is 0.243 e. The second kappa shape index (κ2) is 12.6. The quantitative estimate of drug-likeness (QED) is 0.411. The first kappa shape index (κ1) is 25.9. The Morgan fingerprint density at radius 2 is 1.76 bits per heavy atom. The van der Waals surface area contributed by atoms with E-state index in [4.69, 9.17) is 23.2 Å². The lowest BCUT2D eigenvalue weighted by molar-refractivity contribution is -0.139. The predicted octanol–water partition coefficient (Wildman–Crippen LogP) is 6.23. The van der Waals surface area contributed by atoms with Gasteiger partial charge < -0.3 is 10.2 Å². The molecule has 0 radical (unpaired) electrons. The van der Waals surface area contributed by atoms with Crippen molar-refractivity contribution in [3.63, 3.8) is 0 Å². The van der Waals surface area contributed by atoms with Gasteiger partial charge in [0.25, 0.3) is 0 Å². The summed E-state index contributed by atoms with van der Waals surface area (Å²) in [6.07, 6.45) is 4.70. The molecule has 0 saturated heterocycles. The van der Waals surface area contributed by atoms with Crippen molar-refractivity contribution in [2.75, 3.05) is 5.75 Å². The highest BCUT2D eigenvalue weighted by molar-refractivity contribution is 7.99. The summed E-state index contributed by atoms with van der Waals surface area (Å²) in [5, 5.41) is 4.10. The molecule has 4 nitrogen and oxygen atoms in total. The normalized spacial score (nSPS) is 14.8. The van der Waals surface area contributed by atoms with Crippen LogP contribution in [0, 0.1) is 5.82 Å². The zero-order valence-electron chi connectivity index (χ0n) is 18.7. The third-order valence-corrected chi connectivity index (χ3v) is 7.56. The standard InChI is InChI=1S/C25H29Cl2FN2O2S/c1-2-23(25(32)29-20-5-3-4-6-20)30(14-17-7-10-19(28)11-8-17)24(31)16-33-15-18-9-12-21(26)22(27)13-18/h7-13,20,23H,2-6,14-16H2,1H3,(H,29,32). The van der Waals surface area contributed by atoms with Crippen LogP contribution in [0.25, 0.3) is 0 Å². The van der Waals surface area contributed by atoms with Gasteiger partial charge in [0, 0.05) is 18.3 Å². The number of benzene rings is 2. The third-order valence-electron chi connectivity index (χ3n) is 5.83. The largest absolute Gasteiger partial charge is 0.352 e. The van der Waals surface area contributed by atoms with Gasteiger partial charge in [0.1, 0.15) is 11.9 Å². The first-order valence-corrected chi connectivity index (χ1v) is 13.1. The first-order valence-electron chi connectivity index (χ1n) is 11.2. The van der Waals surface area contributed by atoms with E-state index >= 15 is 0 Å². The van der Waals surface area contributed by atoms with Crippen LogP contribution in [0.2, 0.25) is 10.0 Å². The molecule has 1 saturated carbocycles. The van der Waals surface area contributed by atoms with Gasteiger partial charge in [0.2, 0.25) is 11.8 Å². The Kier molecular flexibility index (Phi) is 9.90. The molecule has 0 heterocycles. The molecule has 1 atom stereocenters. The summed E-state index contributed by atoms with van der Waals surface area (Å²) >= 11 is 13.5. The van der Waals surface area contributed by atoms with Gasteiger partial charge in [-0.25, -0.2) is 4.39 Å². The van der Waals surface area contributed by atoms with Crippen LogP contribution >= 0.6 is 35.0 Å². The van der Waals surface area contributed by atoms with Crippen molar-refractivity contribution in [3.05, 3.63) is 69.5 Å². The number of hydrogen-bond donors (Lipinski definition) is 1. The highest BCUT2D eigenvalue weighted by atomic mass is 35.5. The first-order chi connectivity index (χ1) is 15.9. The number of nitrogens with one attached hydrogen (secondary N) is 1. The molecule has 3 rings (SSSR count). The average Bonchev–Trinajstić information content (AvgIpc) is 3.30. The van der Waals surface area contributed by atoms with Crippen molar-refractivity contribution >= 4 is 46.8 Å². The number of halogens is 3. The number of hydrogen-bond acceptors (Lipinski definition) is 3. The van der Waals surface area contributed by atoms with Gasteiger partial charge in [0.05, 0.1) is 15.8 Å². The molecule has 33 heavy (non-hydrogen) atoms. The van der Waals surface area contributed by atoms with Gasteiger partial charge in [-0.15, -0.1) is 11.8 Å². The number of thioether (sulfide) groups is 1. The Hall–Kier alpha value is -1.76. The summed E-state index contributed by atoms with van der Waals surface area (Å²) in [4.78, 5) is 28.0. The molecule has 1 unspecified atom stereocenters. The molecular weight excluding hydrogens is 482 g/mol. The molecule has 1 aliphatic rings. The minimum absolute atomic E-state index is 0.116. The van der Waals surface area contributed by atoms with E-state index in [-0.39, 0.29) is 36.0 Å². The van der Waals surface area contributed by atoms with E-state index in [9.17, 15) is 14.0 Å². The van der Waals surface area contributed by atoms with Gasteiger partial charge in [-0.05, 0) is 54.7 Å². The van der Waals surface area contributed by atoms with E-state index in [0.717, 1.165) is 36.8 Å². The molecule has 0 bridgehead atoms. The van der Waals surface area contributed by atoms with Crippen molar-refractivity contribution in [1.29, 1.82) is 0 Å². The molecule has 178 valence electrons. The Balaban J connectivity index is 1.69. The lowest BCUT2D eigenvalue weighted by Gasteiger charge is -2.31. The summed E-state index contributed by atoms with van der Waals surface area (Å²) in [5.41, 5.74) is 1.75. The Morgan fingerprint density at radius 1 is 1.09 bits per heavy atom. The summed E-state index contributed by atoms with van der Waals surface area (Å²) in [6, 6.07) is 11.1. The Labute approximate surface area is 209 Å². The highest BCUT2D eigenvalue weighted by Crippen LogP contribution is 2.25. The summed E-state index contributed by atoms with van der Waals surface area (Å²) in [5.74, 6) is 0.235. The van der Waals surface area contributed by atoms with Crippen LogP contribution in [0.4, 0.5) is 4.39 Å². The Bertz CT molecular complexity index is 952. The van der Waals surface area contributed by atoms with Crippen molar-refractivity contribution < 1.29 is 14.0 Å². The maximum absolute atomic E-state index is 13.4. The molecule has 0 aromatic heterocycles. The molecule has 0 spiro atoms. The van der Waals surface area contributed by atoms with Crippen LogP contribution in [0.15, 0.2) is 42.5 Å². The molecule has 1 fully saturated rings. The number of amides is 2. The van der Waals surface area contributed by atoms with Gasteiger partial charge >= 0.3 is 0 Å². The fourth-order valence-corrected chi connectivity index (χ4v) is 5.22. The second-order valence-electron chi connectivity index (χ2n) is 8.30. The average molecular weight is 511 g/mol. The van der Waals surface area contributed by atoms with E-state index in [2.05, 4.69) is 5.32 Å². The molecule has 0 aliphatic heterocycles. The lowest BCUT2D eigenvalue weighted by atomic mass is 10.1. The fraction of sp³-hybridized carbons (Fsp3) is 0.440. The van der Waals surface area contributed by atoms with E-state index in [1.807, 2.05) is 13.0 Å². The number of carbonyl (C=O) groups excluding carboxylic acids is 2. The highest BCUT2D eigenvalue weighted by Gasteiger charge is 2.30. The van der Waals surface area contributed by atoms with E-state index in [1.165, 1.54) is 23.9 Å². The summed E-state index contributed by atoms with van der Waals surface area (Å²) < 4.78 is 13.4. The van der Waals surface area contributed by atoms with E-state index in [0.29, 0.717) is 22.2 Å². The van der Waals surface area contributed by atoms with Crippen LogP contribution in [0.1, 0.15) is 50.2 Å². The molecule has 2 aromatic rings. The monoisotopic (exact) mass is 510 g/mol. The predicted molar refractivity (Wildman–Crippen MR) is 134 cm³/mol. The molecule has 2 aromatic carbocycles. The maximum atomic E-state index is 13.4. The SMILES string of the molecule is CCC(C(=O)NC1CCCC1)N(Cc1ccc(F)cc1)C(=O)CSCc1ccc(Cl)c(Cl)c1. The molecule has 1 N–H and O–H groups in total. The van der Waals surface area contributed by atoms with E-state index < -0.39 is 6.04 Å². The van der Waals surface area contributed by atoms with Gasteiger partial charge in [-0.3, -0.25) is 9.59 Å². The minimum Gasteiger partial charge on any atom is -0.352 e. The van der Waals surface area contributed by atoms with Crippen molar-refractivity contribution in [2.45, 2.75) is 63.4 Å². The van der Waals surface area contributed by atoms with Gasteiger partial charge in [-0.2, -0.15) is 0 Å². The fourth-order valence-electron chi connectivity index (χ4n) is 4.04. The molecule has 2 amide bonds. The van der Waals surface area contributed by atoms with Crippen LogP contribution in [-0.2, 0) is 21.9 Å². The van der Waals surface area contributed by atoms with Crippen LogP contribution in [0.5, 0.6) is 0 Å². The van der Waals surface area contributed by atoms with Crippen molar-refractivity contribution in [2.24, 2.45) is 0 Å².